The highest BCUT2D eigenvalue weighted by atomic mass is 16.6. The Labute approximate surface area is 234 Å². The number of ether oxygens (including phenoxy) is 1. The number of nitrogens with zero attached hydrogens (tertiary/aromatic N) is 4. The summed E-state index contributed by atoms with van der Waals surface area (Å²) in [5.41, 5.74) is 11.0. The van der Waals surface area contributed by atoms with Gasteiger partial charge >= 0.3 is 6.09 Å². The molecule has 40 heavy (non-hydrogen) atoms. The number of carbonyl (C=O) groups is 1. The Balaban J connectivity index is 1.18. The number of aromatic nitrogens is 4. The van der Waals surface area contributed by atoms with Crippen molar-refractivity contribution < 1.29 is 14.6 Å². The van der Waals surface area contributed by atoms with Gasteiger partial charge in [0.25, 0.3) is 0 Å². The van der Waals surface area contributed by atoms with Gasteiger partial charge in [-0.05, 0) is 68.7 Å². The number of aliphatic hydroxyl groups is 1. The minimum atomic E-state index is -0.974. The summed E-state index contributed by atoms with van der Waals surface area (Å²) < 4.78 is 5.38. The molecule has 2 aliphatic rings. The third-order valence-corrected chi connectivity index (χ3v) is 7.46. The summed E-state index contributed by atoms with van der Waals surface area (Å²) in [5, 5.41) is 24.9. The molecule has 1 aliphatic heterocycles. The summed E-state index contributed by atoms with van der Waals surface area (Å²) in [4.78, 5) is 23.0. The van der Waals surface area contributed by atoms with E-state index >= 15 is 0 Å². The fourth-order valence-electron chi connectivity index (χ4n) is 5.63. The number of alkyl carbamates (subject to hydrolysis) is 1. The normalized spacial score (nSPS) is 17.9. The van der Waals surface area contributed by atoms with Crippen molar-refractivity contribution in [3.8, 4) is 11.4 Å². The Morgan fingerprint density at radius 1 is 1.23 bits per heavy atom. The lowest BCUT2D eigenvalue weighted by molar-refractivity contribution is 0.0477. The molecular formula is C29H40N8O3. The lowest BCUT2D eigenvalue weighted by Crippen LogP contribution is -2.45. The Bertz CT molecular complexity index is 1350. The number of piperidine rings is 1. The lowest BCUT2D eigenvalue weighted by Gasteiger charge is -2.33. The number of amides is 1. The van der Waals surface area contributed by atoms with Crippen LogP contribution >= 0.6 is 0 Å². The number of nitrogen functional groups attached to an aromatic ring is 1. The number of H-pyrrole nitrogens is 1. The molecule has 0 spiro atoms. The van der Waals surface area contributed by atoms with E-state index in [-0.39, 0.29) is 23.5 Å². The summed E-state index contributed by atoms with van der Waals surface area (Å²) >= 11 is 0. The van der Waals surface area contributed by atoms with Crippen molar-refractivity contribution in [3.63, 3.8) is 0 Å². The largest absolute Gasteiger partial charge is 0.444 e. The lowest BCUT2D eigenvalue weighted by atomic mass is 9.73. The first kappa shape index (κ1) is 27.9. The maximum Gasteiger partial charge on any atom is 0.407 e. The molecule has 1 amide bonds. The standard InChI is InChI=1S/C29H40N8O3/c1-28(2,3)40-27(39)33-20-10-12-37(13-11-20)16-17-6-8-19(9-7-17)32-25(38)24-21-23(35-36-24)22-18(14-29(21,4)5)15-31-26(30)34-22/h6-9,15,20,25,32,38H,10-14,16H2,1-5H3,(H,33,39)(H,35,36)(H2,30,31,34). The van der Waals surface area contributed by atoms with Crippen LogP contribution in [0.25, 0.3) is 11.4 Å². The summed E-state index contributed by atoms with van der Waals surface area (Å²) in [7, 11) is 0. The number of fused-ring (bicyclic) bond motifs is 3. The van der Waals surface area contributed by atoms with Gasteiger partial charge in [-0.2, -0.15) is 5.10 Å². The van der Waals surface area contributed by atoms with Gasteiger partial charge < -0.3 is 26.2 Å². The molecule has 1 atom stereocenters. The molecule has 3 aromatic rings. The highest BCUT2D eigenvalue weighted by Crippen LogP contribution is 2.44. The number of nitrogens with two attached hydrogens (primary N) is 1. The van der Waals surface area contributed by atoms with Crippen LogP contribution in [0.4, 0.5) is 16.4 Å². The number of carbonyl (C=O) groups excluding carboxylic acids is 1. The minimum absolute atomic E-state index is 0.135. The van der Waals surface area contributed by atoms with E-state index in [2.05, 4.69) is 61.7 Å². The number of likely N-dealkylation sites (tertiary alicyclic amines) is 1. The molecule has 1 saturated heterocycles. The number of hydrogen-bond donors (Lipinski definition) is 5. The molecule has 3 heterocycles. The zero-order valence-electron chi connectivity index (χ0n) is 23.9. The van der Waals surface area contributed by atoms with Crippen molar-refractivity contribution in [2.45, 2.75) is 83.7 Å². The van der Waals surface area contributed by atoms with E-state index in [1.54, 1.807) is 6.20 Å². The SMILES string of the molecule is CC(C)(C)OC(=O)NC1CCN(Cc2ccc(NC(O)c3[nH]nc4c3C(C)(C)Cc3cnc(N)nc3-4)cc2)CC1. The zero-order valence-corrected chi connectivity index (χ0v) is 23.9. The monoisotopic (exact) mass is 548 g/mol. The van der Waals surface area contributed by atoms with Crippen molar-refractivity contribution >= 4 is 17.7 Å². The Morgan fingerprint density at radius 2 is 1.93 bits per heavy atom. The molecular weight excluding hydrogens is 508 g/mol. The quantitative estimate of drug-likeness (QED) is 0.289. The zero-order chi connectivity index (χ0) is 28.7. The van der Waals surface area contributed by atoms with Gasteiger partial charge in [0.1, 0.15) is 11.3 Å². The Morgan fingerprint density at radius 3 is 2.60 bits per heavy atom. The highest BCUT2D eigenvalue weighted by Gasteiger charge is 2.38. The van der Waals surface area contributed by atoms with E-state index in [4.69, 9.17) is 10.5 Å². The van der Waals surface area contributed by atoms with E-state index in [0.29, 0.717) is 17.1 Å². The number of benzene rings is 1. The van der Waals surface area contributed by atoms with Crippen LogP contribution < -0.4 is 16.4 Å². The van der Waals surface area contributed by atoms with Crippen LogP contribution in [0.1, 0.15) is 76.1 Å². The first-order chi connectivity index (χ1) is 18.9. The maximum absolute atomic E-state index is 12.1. The van der Waals surface area contributed by atoms with E-state index in [0.717, 1.165) is 55.7 Å². The number of rotatable bonds is 6. The second-order valence-electron chi connectivity index (χ2n) is 12.5. The first-order valence-electron chi connectivity index (χ1n) is 13.8. The van der Waals surface area contributed by atoms with Crippen LogP contribution in [0.5, 0.6) is 0 Å². The summed E-state index contributed by atoms with van der Waals surface area (Å²) in [6, 6.07) is 8.24. The van der Waals surface area contributed by atoms with E-state index < -0.39 is 11.8 Å². The van der Waals surface area contributed by atoms with Crippen molar-refractivity contribution in [2.75, 3.05) is 24.1 Å². The topological polar surface area (TPSA) is 154 Å². The molecule has 1 fully saturated rings. The summed E-state index contributed by atoms with van der Waals surface area (Å²) in [6.07, 6.45) is 2.93. The number of aliphatic hydroxyl groups excluding tert-OH is 1. The van der Waals surface area contributed by atoms with Gasteiger partial charge in [0.05, 0.1) is 11.4 Å². The minimum Gasteiger partial charge on any atom is -0.444 e. The number of anilines is 2. The molecule has 6 N–H and O–H groups in total. The van der Waals surface area contributed by atoms with Crippen molar-refractivity contribution in [3.05, 3.63) is 52.8 Å². The predicted octanol–water partition coefficient (Wildman–Crippen LogP) is 3.87. The Hall–Kier alpha value is -3.70. The van der Waals surface area contributed by atoms with Gasteiger partial charge in [-0.1, -0.05) is 26.0 Å². The molecule has 214 valence electrons. The van der Waals surface area contributed by atoms with E-state index in [9.17, 15) is 9.90 Å². The predicted molar refractivity (Wildman–Crippen MR) is 153 cm³/mol. The van der Waals surface area contributed by atoms with Crippen molar-refractivity contribution in [1.29, 1.82) is 0 Å². The molecule has 0 radical (unpaired) electrons. The molecule has 0 saturated carbocycles. The van der Waals surface area contributed by atoms with Gasteiger partial charge in [0.2, 0.25) is 5.95 Å². The molecule has 1 aromatic carbocycles. The average Bonchev–Trinajstić information content (AvgIpc) is 3.33. The second-order valence-corrected chi connectivity index (χ2v) is 12.5. The molecule has 11 heteroatoms. The molecule has 11 nitrogen and oxygen atoms in total. The number of hydrogen-bond acceptors (Lipinski definition) is 9. The van der Waals surface area contributed by atoms with E-state index in [1.165, 1.54) is 5.56 Å². The maximum atomic E-state index is 12.1. The second kappa shape index (κ2) is 10.7. The van der Waals surface area contributed by atoms with Crippen LogP contribution in [-0.4, -0.2) is 61.0 Å². The van der Waals surface area contributed by atoms with Gasteiger partial charge in [-0.3, -0.25) is 10.00 Å². The molecule has 5 rings (SSSR count). The average molecular weight is 549 g/mol. The smallest absolute Gasteiger partial charge is 0.407 e. The van der Waals surface area contributed by atoms with Crippen LogP contribution in [0, 0.1) is 0 Å². The van der Waals surface area contributed by atoms with Gasteiger partial charge in [0, 0.05) is 43.1 Å². The molecule has 2 aromatic heterocycles. The van der Waals surface area contributed by atoms with E-state index in [1.807, 2.05) is 32.9 Å². The van der Waals surface area contributed by atoms with Crippen LogP contribution in [0.15, 0.2) is 30.5 Å². The van der Waals surface area contributed by atoms with Crippen molar-refractivity contribution in [2.24, 2.45) is 0 Å². The molecule has 0 bridgehead atoms. The Kier molecular flexibility index (Phi) is 7.45. The fraction of sp³-hybridized carbons (Fsp3) is 0.517. The van der Waals surface area contributed by atoms with Crippen molar-refractivity contribution in [1.82, 2.24) is 30.4 Å². The van der Waals surface area contributed by atoms with Crippen LogP contribution in [0.2, 0.25) is 0 Å². The number of aromatic amines is 1. The third kappa shape index (κ3) is 6.20. The molecule has 1 unspecified atom stereocenters. The third-order valence-electron chi connectivity index (χ3n) is 7.46. The fourth-order valence-corrected chi connectivity index (χ4v) is 5.63. The van der Waals surface area contributed by atoms with Gasteiger partial charge in [0.15, 0.2) is 6.23 Å². The van der Waals surface area contributed by atoms with Crippen LogP contribution in [-0.2, 0) is 23.1 Å². The highest BCUT2D eigenvalue weighted by molar-refractivity contribution is 5.70. The first-order valence-corrected chi connectivity index (χ1v) is 13.8. The summed E-state index contributed by atoms with van der Waals surface area (Å²) in [6.45, 7) is 12.5. The van der Waals surface area contributed by atoms with Crippen LogP contribution in [0.3, 0.4) is 0 Å². The molecule has 1 aliphatic carbocycles. The summed E-state index contributed by atoms with van der Waals surface area (Å²) in [5.74, 6) is 0.203. The van der Waals surface area contributed by atoms with Gasteiger partial charge in [-0.25, -0.2) is 14.8 Å². The number of nitrogens with one attached hydrogen (secondary N) is 3. The van der Waals surface area contributed by atoms with Gasteiger partial charge in [-0.15, -0.1) is 0 Å².